The predicted molar refractivity (Wildman–Crippen MR) is 87.2 cm³/mol. The summed E-state index contributed by atoms with van der Waals surface area (Å²) in [5, 5.41) is 2.79. The minimum atomic E-state index is -3.20. The van der Waals surface area contributed by atoms with E-state index in [1.807, 2.05) is 6.92 Å². The van der Waals surface area contributed by atoms with Gasteiger partial charge in [-0.1, -0.05) is 25.5 Å². The van der Waals surface area contributed by atoms with Crippen molar-refractivity contribution in [3.63, 3.8) is 0 Å². The van der Waals surface area contributed by atoms with Crippen LogP contribution in [0.15, 0.2) is 24.3 Å². The smallest absolute Gasteiger partial charge is 0.254 e. The molecule has 1 aromatic rings. The molecule has 1 heterocycles. The largest absolute Gasteiger partial charge is 0.349 e. The van der Waals surface area contributed by atoms with Crippen LogP contribution in [0.3, 0.4) is 0 Å². The lowest BCUT2D eigenvalue weighted by molar-refractivity contribution is 0.0920. The first kappa shape index (κ1) is 17.9. The Hall–Kier alpha value is -1.47. The summed E-state index contributed by atoms with van der Waals surface area (Å²) < 4.78 is 39.3. The average Bonchev–Trinajstić information content (AvgIpc) is 2.54. The summed E-state index contributed by atoms with van der Waals surface area (Å²) in [5.41, 5.74) is 0.0190. The van der Waals surface area contributed by atoms with Crippen molar-refractivity contribution >= 4 is 15.9 Å². The maximum atomic E-state index is 13.6. The van der Waals surface area contributed by atoms with E-state index < -0.39 is 21.7 Å². The molecule has 0 bridgehead atoms. The molecule has 23 heavy (non-hydrogen) atoms. The van der Waals surface area contributed by atoms with Gasteiger partial charge in [0.25, 0.3) is 5.91 Å². The number of halogens is 1. The van der Waals surface area contributed by atoms with Crippen molar-refractivity contribution in [3.8, 4) is 0 Å². The molecule has 0 aromatic heterocycles. The van der Waals surface area contributed by atoms with E-state index >= 15 is 0 Å². The Balaban J connectivity index is 1.88. The van der Waals surface area contributed by atoms with Gasteiger partial charge in [0.15, 0.2) is 0 Å². The maximum absolute atomic E-state index is 13.6. The highest BCUT2D eigenvalue weighted by Gasteiger charge is 2.28. The number of carbonyl (C=O) groups is 1. The van der Waals surface area contributed by atoms with Crippen molar-refractivity contribution in [2.45, 2.75) is 38.6 Å². The minimum absolute atomic E-state index is 0.0190. The van der Waals surface area contributed by atoms with E-state index in [0.29, 0.717) is 32.4 Å². The molecule has 0 aliphatic carbocycles. The molecule has 1 N–H and O–H groups in total. The summed E-state index contributed by atoms with van der Waals surface area (Å²) in [6, 6.07) is 5.71. The Morgan fingerprint density at radius 1 is 1.30 bits per heavy atom. The number of amides is 1. The van der Waals surface area contributed by atoms with Gasteiger partial charge in [-0.3, -0.25) is 4.79 Å². The second-order valence-electron chi connectivity index (χ2n) is 5.80. The Morgan fingerprint density at radius 2 is 1.96 bits per heavy atom. The zero-order valence-electron chi connectivity index (χ0n) is 13.3. The van der Waals surface area contributed by atoms with E-state index in [2.05, 4.69) is 5.32 Å². The van der Waals surface area contributed by atoms with Crippen LogP contribution in [-0.2, 0) is 10.0 Å². The Kier molecular flexibility index (Phi) is 6.12. The number of nitrogens with zero attached hydrogens (tertiary/aromatic N) is 1. The fourth-order valence-corrected chi connectivity index (χ4v) is 4.32. The number of piperidine rings is 1. The topological polar surface area (TPSA) is 66.5 Å². The summed E-state index contributed by atoms with van der Waals surface area (Å²) in [7, 11) is -3.20. The lowest BCUT2D eigenvalue weighted by atomic mass is 10.1. The van der Waals surface area contributed by atoms with E-state index in [-0.39, 0.29) is 17.4 Å². The Morgan fingerprint density at radius 3 is 2.57 bits per heavy atom. The molecule has 1 amide bonds. The van der Waals surface area contributed by atoms with Crippen LogP contribution in [0.4, 0.5) is 4.39 Å². The van der Waals surface area contributed by atoms with E-state index in [9.17, 15) is 17.6 Å². The zero-order valence-corrected chi connectivity index (χ0v) is 14.1. The molecule has 7 heteroatoms. The van der Waals surface area contributed by atoms with E-state index in [4.69, 9.17) is 0 Å². The maximum Gasteiger partial charge on any atom is 0.254 e. The molecule has 1 fully saturated rings. The van der Waals surface area contributed by atoms with Crippen LogP contribution in [-0.4, -0.2) is 43.5 Å². The van der Waals surface area contributed by atoms with Gasteiger partial charge in [0.05, 0.1) is 11.3 Å². The Labute approximate surface area is 136 Å². The highest BCUT2D eigenvalue weighted by Crippen LogP contribution is 2.16. The monoisotopic (exact) mass is 342 g/mol. The summed E-state index contributed by atoms with van der Waals surface area (Å²) in [6.45, 7) is 2.75. The second kappa shape index (κ2) is 7.88. The summed E-state index contributed by atoms with van der Waals surface area (Å²) >= 11 is 0. The highest BCUT2D eigenvalue weighted by atomic mass is 32.2. The van der Waals surface area contributed by atoms with Crippen LogP contribution in [0.5, 0.6) is 0 Å². The normalized spacial score (nSPS) is 17.1. The number of hydrogen-bond donors (Lipinski definition) is 1. The van der Waals surface area contributed by atoms with Crippen molar-refractivity contribution in [3.05, 3.63) is 35.6 Å². The summed E-state index contributed by atoms with van der Waals surface area (Å²) in [4.78, 5) is 12.1. The van der Waals surface area contributed by atoms with Gasteiger partial charge in [0.1, 0.15) is 5.82 Å². The fraction of sp³-hybridized carbons (Fsp3) is 0.562. The highest BCUT2D eigenvalue weighted by molar-refractivity contribution is 7.89. The van der Waals surface area contributed by atoms with Gasteiger partial charge in [-0.2, -0.15) is 0 Å². The Bertz CT molecular complexity index is 640. The van der Waals surface area contributed by atoms with Gasteiger partial charge in [0.2, 0.25) is 10.0 Å². The molecule has 1 aromatic carbocycles. The van der Waals surface area contributed by atoms with Gasteiger partial charge in [-0.15, -0.1) is 0 Å². The standard InChI is InChI=1S/C16H23FN2O3S/c1-2-3-12-23(21,22)19-10-8-13(9-11-19)18-16(20)14-6-4-5-7-15(14)17/h4-7,13H,2-3,8-12H2,1H3,(H,18,20). The first-order valence-electron chi connectivity index (χ1n) is 7.97. The van der Waals surface area contributed by atoms with E-state index in [1.165, 1.54) is 22.5 Å². The molecule has 0 spiro atoms. The molecule has 2 rings (SSSR count). The summed E-state index contributed by atoms with van der Waals surface area (Å²) in [5.74, 6) is -0.824. The number of carbonyl (C=O) groups excluding carboxylic acids is 1. The van der Waals surface area contributed by atoms with Crippen LogP contribution in [0.25, 0.3) is 0 Å². The first-order chi connectivity index (χ1) is 10.9. The average molecular weight is 342 g/mol. The third-order valence-corrected chi connectivity index (χ3v) is 6.01. The molecule has 0 unspecified atom stereocenters. The fourth-order valence-electron chi connectivity index (χ4n) is 2.64. The number of unbranched alkanes of at least 4 members (excludes halogenated alkanes) is 1. The van der Waals surface area contributed by atoms with E-state index in [0.717, 1.165) is 6.42 Å². The number of benzene rings is 1. The third-order valence-electron chi connectivity index (χ3n) is 4.06. The van der Waals surface area contributed by atoms with Crippen molar-refractivity contribution in [1.29, 1.82) is 0 Å². The van der Waals surface area contributed by atoms with Crippen LogP contribution in [0, 0.1) is 5.82 Å². The third kappa shape index (κ3) is 4.75. The lowest BCUT2D eigenvalue weighted by Gasteiger charge is -2.31. The second-order valence-corrected chi connectivity index (χ2v) is 7.88. The number of sulfonamides is 1. The molecule has 5 nitrogen and oxygen atoms in total. The van der Waals surface area contributed by atoms with Crippen LogP contribution in [0.2, 0.25) is 0 Å². The quantitative estimate of drug-likeness (QED) is 0.861. The molecule has 0 radical (unpaired) electrons. The van der Waals surface area contributed by atoms with Crippen LogP contribution in [0.1, 0.15) is 43.0 Å². The minimum Gasteiger partial charge on any atom is -0.349 e. The van der Waals surface area contributed by atoms with Gasteiger partial charge >= 0.3 is 0 Å². The van der Waals surface area contributed by atoms with Crippen molar-refractivity contribution < 1.29 is 17.6 Å². The first-order valence-corrected chi connectivity index (χ1v) is 9.58. The summed E-state index contributed by atoms with van der Waals surface area (Å²) in [6.07, 6.45) is 2.60. The van der Waals surface area contributed by atoms with Gasteiger partial charge < -0.3 is 5.32 Å². The van der Waals surface area contributed by atoms with Crippen molar-refractivity contribution in [1.82, 2.24) is 9.62 Å². The number of nitrogens with one attached hydrogen (secondary N) is 1. The molecule has 1 aliphatic rings. The molecular formula is C16H23FN2O3S. The molecular weight excluding hydrogens is 319 g/mol. The van der Waals surface area contributed by atoms with Crippen LogP contribution >= 0.6 is 0 Å². The van der Waals surface area contributed by atoms with Gasteiger partial charge in [0, 0.05) is 19.1 Å². The van der Waals surface area contributed by atoms with Gasteiger partial charge in [-0.05, 0) is 31.4 Å². The molecule has 1 saturated heterocycles. The molecule has 0 atom stereocenters. The predicted octanol–water partition coefficient (Wildman–Crippen LogP) is 2.15. The SMILES string of the molecule is CCCCS(=O)(=O)N1CCC(NC(=O)c2ccccc2F)CC1. The lowest BCUT2D eigenvalue weighted by Crippen LogP contribution is -2.47. The number of hydrogen-bond acceptors (Lipinski definition) is 3. The van der Waals surface area contributed by atoms with Crippen LogP contribution < -0.4 is 5.32 Å². The van der Waals surface area contributed by atoms with Crippen molar-refractivity contribution in [2.75, 3.05) is 18.8 Å². The number of rotatable bonds is 6. The zero-order chi connectivity index (χ0) is 16.9. The van der Waals surface area contributed by atoms with E-state index in [1.54, 1.807) is 6.07 Å². The molecule has 0 saturated carbocycles. The van der Waals surface area contributed by atoms with Gasteiger partial charge in [-0.25, -0.2) is 17.1 Å². The molecule has 128 valence electrons. The van der Waals surface area contributed by atoms with Crippen molar-refractivity contribution in [2.24, 2.45) is 0 Å². The molecule has 1 aliphatic heterocycles.